The fraction of sp³-hybridized carbons (Fsp3) is 0.750. The first-order valence-corrected chi connectivity index (χ1v) is 7.05. The summed E-state index contributed by atoms with van der Waals surface area (Å²) in [5.41, 5.74) is 0. The minimum absolute atomic E-state index is 0.694. The van der Waals surface area contributed by atoms with Crippen molar-refractivity contribution in [1.29, 1.82) is 0 Å². The van der Waals surface area contributed by atoms with Crippen LogP contribution in [0, 0.1) is 5.92 Å². The highest BCUT2D eigenvalue weighted by molar-refractivity contribution is 7.09. The van der Waals surface area contributed by atoms with Gasteiger partial charge in [-0.3, -0.25) is 0 Å². The molecule has 1 fully saturated rings. The number of nitrogens with zero attached hydrogens (tertiary/aromatic N) is 1. The van der Waals surface area contributed by atoms with Gasteiger partial charge in [0.05, 0.1) is 5.01 Å². The Morgan fingerprint density at radius 2 is 2.56 bits per heavy atom. The SMILES string of the molecule is CC1CC(CNCCc2nccs2)CCN1. The lowest BCUT2D eigenvalue weighted by Crippen LogP contribution is -2.39. The lowest BCUT2D eigenvalue weighted by Gasteiger charge is -2.28. The molecule has 2 rings (SSSR count). The molecular weight excluding hydrogens is 218 g/mol. The topological polar surface area (TPSA) is 37.0 Å². The smallest absolute Gasteiger partial charge is 0.0937 e. The zero-order valence-corrected chi connectivity index (χ0v) is 10.7. The Hall–Kier alpha value is -0.450. The van der Waals surface area contributed by atoms with Gasteiger partial charge in [0.25, 0.3) is 0 Å². The molecule has 2 atom stereocenters. The van der Waals surface area contributed by atoms with Gasteiger partial charge in [-0.25, -0.2) is 4.98 Å². The lowest BCUT2D eigenvalue weighted by molar-refractivity contribution is 0.305. The van der Waals surface area contributed by atoms with Gasteiger partial charge >= 0.3 is 0 Å². The Kier molecular flexibility index (Phi) is 4.75. The highest BCUT2D eigenvalue weighted by atomic mass is 32.1. The van der Waals surface area contributed by atoms with Gasteiger partial charge in [0.1, 0.15) is 0 Å². The van der Waals surface area contributed by atoms with Crippen LogP contribution >= 0.6 is 11.3 Å². The molecule has 16 heavy (non-hydrogen) atoms. The first-order valence-electron chi connectivity index (χ1n) is 6.17. The van der Waals surface area contributed by atoms with Crippen molar-refractivity contribution in [3.63, 3.8) is 0 Å². The Morgan fingerprint density at radius 1 is 1.62 bits per heavy atom. The number of aromatic nitrogens is 1. The summed E-state index contributed by atoms with van der Waals surface area (Å²) in [6, 6.07) is 0.694. The third-order valence-corrected chi connectivity index (χ3v) is 4.00. The zero-order valence-electron chi connectivity index (χ0n) is 9.91. The summed E-state index contributed by atoms with van der Waals surface area (Å²) in [6.07, 6.45) is 5.57. The average Bonchev–Trinajstić information content (AvgIpc) is 2.77. The normalized spacial score (nSPS) is 25.8. The molecule has 2 unspecified atom stereocenters. The predicted molar refractivity (Wildman–Crippen MR) is 68.9 cm³/mol. The molecule has 1 aromatic rings. The summed E-state index contributed by atoms with van der Waals surface area (Å²) in [6.45, 7) is 5.69. The molecule has 3 nitrogen and oxygen atoms in total. The van der Waals surface area contributed by atoms with E-state index in [2.05, 4.69) is 22.5 Å². The van der Waals surface area contributed by atoms with Crippen LogP contribution in [0.15, 0.2) is 11.6 Å². The van der Waals surface area contributed by atoms with Gasteiger partial charge in [-0.2, -0.15) is 0 Å². The van der Waals surface area contributed by atoms with E-state index in [1.165, 1.54) is 24.4 Å². The van der Waals surface area contributed by atoms with Crippen molar-refractivity contribution in [2.75, 3.05) is 19.6 Å². The van der Waals surface area contributed by atoms with Crippen LogP contribution < -0.4 is 10.6 Å². The van der Waals surface area contributed by atoms with E-state index in [9.17, 15) is 0 Å². The van der Waals surface area contributed by atoms with E-state index in [0.717, 1.165) is 25.4 Å². The second-order valence-electron chi connectivity index (χ2n) is 4.63. The summed E-state index contributed by atoms with van der Waals surface area (Å²) in [4.78, 5) is 4.28. The summed E-state index contributed by atoms with van der Waals surface area (Å²) in [7, 11) is 0. The molecule has 0 bridgehead atoms. The lowest BCUT2D eigenvalue weighted by atomic mass is 9.93. The zero-order chi connectivity index (χ0) is 11.2. The highest BCUT2D eigenvalue weighted by Crippen LogP contribution is 2.14. The van der Waals surface area contributed by atoms with Crippen molar-refractivity contribution in [2.24, 2.45) is 5.92 Å². The number of thiazole rings is 1. The van der Waals surface area contributed by atoms with E-state index in [4.69, 9.17) is 0 Å². The van der Waals surface area contributed by atoms with Gasteiger partial charge in [-0.1, -0.05) is 0 Å². The number of nitrogens with one attached hydrogen (secondary N) is 2. The number of hydrogen-bond donors (Lipinski definition) is 2. The molecule has 2 N–H and O–H groups in total. The van der Waals surface area contributed by atoms with Crippen LogP contribution in [0.4, 0.5) is 0 Å². The average molecular weight is 239 g/mol. The van der Waals surface area contributed by atoms with E-state index >= 15 is 0 Å². The van der Waals surface area contributed by atoms with Crippen LogP contribution in [0.1, 0.15) is 24.8 Å². The summed E-state index contributed by atoms with van der Waals surface area (Å²) >= 11 is 1.75. The third-order valence-electron chi connectivity index (χ3n) is 3.16. The largest absolute Gasteiger partial charge is 0.316 e. The molecule has 0 aliphatic carbocycles. The molecule has 2 heterocycles. The number of rotatable bonds is 5. The van der Waals surface area contributed by atoms with E-state index in [1.54, 1.807) is 11.3 Å². The third kappa shape index (κ3) is 3.85. The van der Waals surface area contributed by atoms with Crippen molar-refractivity contribution < 1.29 is 0 Å². The van der Waals surface area contributed by atoms with Crippen molar-refractivity contribution in [3.05, 3.63) is 16.6 Å². The van der Waals surface area contributed by atoms with Crippen molar-refractivity contribution >= 4 is 11.3 Å². The van der Waals surface area contributed by atoms with Gasteiger partial charge < -0.3 is 10.6 Å². The van der Waals surface area contributed by atoms with Crippen molar-refractivity contribution in [1.82, 2.24) is 15.6 Å². The van der Waals surface area contributed by atoms with Crippen LogP contribution in [0.2, 0.25) is 0 Å². The molecule has 1 aliphatic heterocycles. The molecule has 0 radical (unpaired) electrons. The molecule has 0 amide bonds. The van der Waals surface area contributed by atoms with Crippen LogP contribution in [0.5, 0.6) is 0 Å². The van der Waals surface area contributed by atoms with Crippen molar-refractivity contribution in [3.8, 4) is 0 Å². The van der Waals surface area contributed by atoms with Gasteiger partial charge in [-0.05, 0) is 38.8 Å². The molecule has 0 aromatic carbocycles. The van der Waals surface area contributed by atoms with E-state index in [0.29, 0.717) is 6.04 Å². The van der Waals surface area contributed by atoms with Crippen LogP contribution in [-0.4, -0.2) is 30.7 Å². The monoisotopic (exact) mass is 239 g/mol. The van der Waals surface area contributed by atoms with Crippen LogP contribution in [0.3, 0.4) is 0 Å². The van der Waals surface area contributed by atoms with Gasteiger partial charge in [-0.15, -0.1) is 11.3 Å². The number of piperidine rings is 1. The molecule has 90 valence electrons. The molecule has 0 spiro atoms. The molecular formula is C12H21N3S. The molecule has 1 saturated heterocycles. The maximum Gasteiger partial charge on any atom is 0.0937 e. The quantitative estimate of drug-likeness (QED) is 0.767. The second-order valence-corrected chi connectivity index (χ2v) is 5.60. The molecule has 1 aliphatic rings. The minimum atomic E-state index is 0.694. The van der Waals surface area contributed by atoms with Gasteiger partial charge in [0.2, 0.25) is 0 Å². The van der Waals surface area contributed by atoms with Gasteiger partial charge in [0, 0.05) is 30.6 Å². The minimum Gasteiger partial charge on any atom is -0.316 e. The molecule has 4 heteroatoms. The van der Waals surface area contributed by atoms with E-state index in [1.807, 2.05) is 11.6 Å². The Morgan fingerprint density at radius 3 is 3.31 bits per heavy atom. The molecule has 0 saturated carbocycles. The first kappa shape index (κ1) is 12.0. The Labute approximate surface area is 102 Å². The first-order chi connectivity index (χ1) is 7.84. The summed E-state index contributed by atoms with van der Waals surface area (Å²) in [5, 5.41) is 10.3. The number of hydrogen-bond acceptors (Lipinski definition) is 4. The Bertz CT molecular complexity index is 286. The summed E-state index contributed by atoms with van der Waals surface area (Å²) in [5.74, 6) is 0.854. The molecule has 1 aromatic heterocycles. The highest BCUT2D eigenvalue weighted by Gasteiger charge is 2.17. The van der Waals surface area contributed by atoms with Crippen molar-refractivity contribution in [2.45, 2.75) is 32.2 Å². The van der Waals surface area contributed by atoms with Crippen LogP contribution in [0.25, 0.3) is 0 Å². The fourth-order valence-corrected chi connectivity index (χ4v) is 2.92. The fourth-order valence-electron chi connectivity index (χ4n) is 2.30. The predicted octanol–water partition coefficient (Wildman–Crippen LogP) is 1.66. The Balaban J connectivity index is 1.57. The van der Waals surface area contributed by atoms with Gasteiger partial charge in [0.15, 0.2) is 0 Å². The maximum absolute atomic E-state index is 4.28. The van der Waals surface area contributed by atoms with E-state index in [-0.39, 0.29) is 0 Å². The van der Waals surface area contributed by atoms with E-state index < -0.39 is 0 Å². The maximum atomic E-state index is 4.28. The second kappa shape index (κ2) is 6.33. The van der Waals surface area contributed by atoms with Crippen LogP contribution in [-0.2, 0) is 6.42 Å². The summed E-state index contributed by atoms with van der Waals surface area (Å²) < 4.78 is 0. The standard InChI is InChI=1S/C12H21N3S/c1-10-8-11(2-5-14-10)9-13-4-3-12-15-6-7-16-12/h6-7,10-11,13-14H,2-5,8-9H2,1H3.